The Kier molecular flexibility index (Phi) is 3.95. The third kappa shape index (κ3) is 2.12. The van der Waals surface area contributed by atoms with E-state index in [1.165, 1.54) is 57.1 Å². The summed E-state index contributed by atoms with van der Waals surface area (Å²) in [5, 5.41) is 0. The van der Waals surface area contributed by atoms with E-state index < -0.39 is 0 Å². The third-order valence-corrected chi connectivity index (χ3v) is 13.0. The molecule has 2 spiro atoms. The molecule has 2 heterocycles. The van der Waals surface area contributed by atoms with Gasteiger partial charge in [0, 0.05) is 30.3 Å². The van der Waals surface area contributed by atoms with Crippen LogP contribution in [0.5, 0.6) is 0 Å². The molecule has 3 heteroatoms. The van der Waals surface area contributed by atoms with E-state index in [4.69, 9.17) is 4.74 Å². The van der Waals surface area contributed by atoms with E-state index in [9.17, 15) is 4.79 Å². The van der Waals surface area contributed by atoms with E-state index in [0.29, 0.717) is 34.7 Å². The Morgan fingerprint density at radius 3 is 2.69 bits per heavy atom. The minimum absolute atomic E-state index is 0.0860. The second-order valence-corrected chi connectivity index (χ2v) is 14.0. The van der Waals surface area contributed by atoms with Crippen LogP contribution in [0.15, 0.2) is 11.6 Å². The summed E-state index contributed by atoms with van der Waals surface area (Å²) in [6, 6.07) is 0.608. The zero-order chi connectivity index (χ0) is 22.3. The lowest BCUT2D eigenvalue weighted by Gasteiger charge is -2.73. The van der Waals surface area contributed by atoms with Crippen molar-refractivity contribution >= 4 is 5.78 Å². The van der Waals surface area contributed by atoms with E-state index >= 15 is 0 Å². The number of likely N-dealkylation sites (tertiary alicyclic amines) is 1. The maximum atomic E-state index is 12.2. The second kappa shape index (κ2) is 6.11. The van der Waals surface area contributed by atoms with Gasteiger partial charge in [0.25, 0.3) is 0 Å². The maximum Gasteiger partial charge on any atom is 0.155 e. The highest BCUT2D eigenvalue weighted by Crippen LogP contribution is 2.84. The molecule has 0 radical (unpaired) electrons. The van der Waals surface area contributed by atoms with Crippen LogP contribution in [0.1, 0.15) is 85.5 Å². The van der Waals surface area contributed by atoms with Gasteiger partial charge in [-0.05, 0) is 99.0 Å². The number of ketones is 1. The molecule has 2 saturated heterocycles. The predicted molar refractivity (Wildman–Crippen MR) is 126 cm³/mol. The monoisotopic (exact) mass is 437 g/mol. The fraction of sp³-hybridized carbons (Fsp3) is 0.897. The molecule has 32 heavy (non-hydrogen) atoms. The van der Waals surface area contributed by atoms with E-state index in [1.807, 2.05) is 0 Å². The minimum atomic E-state index is 0.0860. The highest BCUT2D eigenvalue weighted by atomic mass is 16.5. The van der Waals surface area contributed by atoms with Gasteiger partial charge in [0.05, 0.1) is 11.7 Å². The molecule has 0 aromatic heterocycles. The lowest BCUT2D eigenvalue weighted by molar-refractivity contribution is -0.294. The van der Waals surface area contributed by atoms with Crippen LogP contribution in [0.25, 0.3) is 0 Å². The smallest absolute Gasteiger partial charge is 0.155 e. The Bertz CT molecular complexity index is 911. The van der Waals surface area contributed by atoms with Gasteiger partial charge >= 0.3 is 0 Å². The number of carbonyl (C=O) groups is 1. The van der Waals surface area contributed by atoms with Crippen LogP contribution < -0.4 is 0 Å². The van der Waals surface area contributed by atoms with E-state index in [0.717, 1.165) is 36.5 Å². The number of carbonyl (C=O) groups excluding carboxylic acids is 1. The fourth-order valence-electron chi connectivity index (χ4n) is 11.9. The Morgan fingerprint density at radius 2 is 1.88 bits per heavy atom. The minimum Gasteiger partial charge on any atom is -0.369 e. The Morgan fingerprint density at radius 1 is 1.06 bits per heavy atom. The van der Waals surface area contributed by atoms with Crippen molar-refractivity contribution in [2.75, 3.05) is 13.6 Å². The van der Waals surface area contributed by atoms with Crippen LogP contribution in [0.3, 0.4) is 0 Å². The zero-order valence-corrected chi connectivity index (χ0v) is 21.0. The van der Waals surface area contributed by atoms with Crippen LogP contribution in [-0.2, 0) is 9.53 Å². The topological polar surface area (TPSA) is 29.5 Å². The number of allylic oxidation sites excluding steroid dienone is 2. The SMILES string of the molecule is C[C@H]1C[C@H]2O[C@]3(CCC45CC3(C)C4C[C@H]3[C@H]5CCC4=CC(=O)CC[C@@]43C)[C@H](C)[C@@H]2N(C)C1. The molecule has 3 unspecified atom stereocenters. The molecule has 176 valence electrons. The molecule has 2 aliphatic heterocycles. The van der Waals surface area contributed by atoms with Crippen molar-refractivity contribution in [3.8, 4) is 0 Å². The summed E-state index contributed by atoms with van der Waals surface area (Å²) in [6.45, 7) is 11.4. The number of likely N-dealkylation sites (N-methyl/N-ethyl adjacent to an activating group) is 1. The molecular weight excluding hydrogens is 394 g/mol. The molecule has 5 saturated carbocycles. The second-order valence-electron chi connectivity index (χ2n) is 14.0. The molecule has 0 aromatic rings. The van der Waals surface area contributed by atoms with Gasteiger partial charge < -0.3 is 9.64 Å². The zero-order valence-electron chi connectivity index (χ0n) is 21.0. The van der Waals surface area contributed by atoms with Crippen molar-refractivity contribution in [2.24, 2.45) is 45.8 Å². The Hall–Kier alpha value is -0.670. The van der Waals surface area contributed by atoms with Crippen LogP contribution in [-0.4, -0.2) is 42.0 Å². The molecule has 8 aliphatic rings. The average Bonchev–Trinajstić information content (AvgIpc) is 3.17. The number of hydrogen-bond donors (Lipinski definition) is 0. The molecule has 8 rings (SSSR count). The number of piperidine rings is 1. The van der Waals surface area contributed by atoms with Crippen molar-refractivity contribution in [3.05, 3.63) is 11.6 Å². The van der Waals surface area contributed by atoms with Gasteiger partial charge in [0.1, 0.15) is 0 Å². The lowest BCUT2D eigenvalue weighted by Crippen LogP contribution is -2.71. The van der Waals surface area contributed by atoms with Gasteiger partial charge in [-0.15, -0.1) is 0 Å². The quantitative estimate of drug-likeness (QED) is 0.492. The number of hydrogen-bond acceptors (Lipinski definition) is 3. The van der Waals surface area contributed by atoms with Crippen LogP contribution in [0.4, 0.5) is 0 Å². The van der Waals surface area contributed by atoms with Gasteiger partial charge in [0.15, 0.2) is 5.78 Å². The molecule has 3 nitrogen and oxygen atoms in total. The van der Waals surface area contributed by atoms with E-state index in [1.54, 1.807) is 0 Å². The standard InChI is InChI=1S/C29H43NO2/c1-17-12-23-25(30(5)15-17)18(2)29(32-23)11-10-28-16-27(29,4)24(28)14-22-21(28)7-6-19-13-20(31)8-9-26(19,22)3/h13,17-18,21-25H,6-12,14-16H2,1-5H3/t17-,18+,21+,22-,23+,24?,25-,26-,27?,28?,29+/m0/s1. The summed E-state index contributed by atoms with van der Waals surface area (Å²) in [7, 11) is 2.35. The van der Waals surface area contributed by atoms with Crippen LogP contribution in [0.2, 0.25) is 0 Å². The van der Waals surface area contributed by atoms with E-state index in [-0.39, 0.29) is 11.0 Å². The first-order chi connectivity index (χ1) is 15.1. The van der Waals surface area contributed by atoms with Crippen molar-refractivity contribution < 1.29 is 9.53 Å². The summed E-state index contributed by atoms with van der Waals surface area (Å²) in [5.41, 5.74) is 2.80. The Labute approximate surface area is 194 Å². The third-order valence-electron chi connectivity index (χ3n) is 13.0. The summed E-state index contributed by atoms with van der Waals surface area (Å²) >= 11 is 0. The molecule has 11 atom stereocenters. The summed E-state index contributed by atoms with van der Waals surface area (Å²) < 4.78 is 7.31. The van der Waals surface area contributed by atoms with Gasteiger partial charge in [-0.3, -0.25) is 4.79 Å². The molecule has 0 amide bonds. The number of ether oxygens (including phenoxy) is 1. The van der Waals surface area contributed by atoms with E-state index in [2.05, 4.69) is 45.7 Å². The first kappa shape index (κ1) is 20.7. The predicted octanol–water partition coefficient (Wildman–Crippen LogP) is 5.63. The lowest BCUT2D eigenvalue weighted by atomic mass is 9.33. The molecule has 2 bridgehead atoms. The number of rotatable bonds is 0. The van der Waals surface area contributed by atoms with Gasteiger partial charge in [0.2, 0.25) is 0 Å². The van der Waals surface area contributed by atoms with Crippen molar-refractivity contribution in [1.29, 1.82) is 0 Å². The Balaban J connectivity index is 1.24. The van der Waals surface area contributed by atoms with Gasteiger partial charge in [-0.1, -0.05) is 33.3 Å². The number of nitrogens with zero attached hydrogens (tertiary/aromatic N) is 1. The molecule has 0 aromatic carbocycles. The summed E-state index contributed by atoms with van der Waals surface area (Å²) in [6.07, 6.45) is 13.6. The van der Waals surface area contributed by atoms with Crippen LogP contribution >= 0.6 is 0 Å². The molecule has 7 fully saturated rings. The highest BCUT2D eigenvalue weighted by Gasteiger charge is 2.81. The first-order valence-corrected chi connectivity index (χ1v) is 13.8. The van der Waals surface area contributed by atoms with Crippen LogP contribution in [0, 0.1) is 45.8 Å². The summed E-state index contributed by atoms with van der Waals surface area (Å²) in [5.74, 6) is 4.27. The highest BCUT2D eigenvalue weighted by molar-refractivity contribution is 5.91. The van der Waals surface area contributed by atoms with Gasteiger partial charge in [-0.2, -0.15) is 0 Å². The summed E-state index contributed by atoms with van der Waals surface area (Å²) in [4.78, 5) is 14.9. The molecular formula is C29H43NO2. The first-order valence-electron chi connectivity index (χ1n) is 13.8. The average molecular weight is 438 g/mol. The van der Waals surface area contributed by atoms with Gasteiger partial charge in [-0.25, -0.2) is 0 Å². The molecule has 6 aliphatic carbocycles. The maximum absolute atomic E-state index is 12.2. The normalized spacial score (nSPS) is 60.8. The van der Waals surface area contributed by atoms with Crippen molar-refractivity contribution in [1.82, 2.24) is 4.90 Å². The molecule has 0 N–H and O–H groups in total. The largest absolute Gasteiger partial charge is 0.369 e. The van der Waals surface area contributed by atoms with Crippen molar-refractivity contribution in [3.63, 3.8) is 0 Å². The van der Waals surface area contributed by atoms with Crippen molar-refractivity contribution in [2.45, 2.75) is 103 Å². The fourth-order valence-corrected chi connectivity index (χ4v) is 11.9. The number of fused-ring (bicyclic) bond motifs is 5.